The monoisotopic (exact) mass is 420 g/mol. The lowest BCUT2D eigenvalue weighted by molar-refractivity contribution is -0.385. The molecule has 10 nitrogen and oxygen atoms in total. The van der Waals surface area contributed by atoms with Gasteiger partial charge in [0, 0.05) is 11.6 Å². The van der Waals surface area contributed by atoms with Gasteiger partial charge in [-0.25, -0.2) is 13.8 Å². The predicted molar refractivity (Wildman–Crippen MR) is 109 cm³/mol. The molecule has 0 saturated carbocycles. The first kappa shape index (κ1) is 21.8. The maximum atomic E-state index is 12.4. The number of hydrogen-bond donors (Lipinski definition) is 1. The van der Waals surface area contributed by atoms with E-state index in [0.717, 1.165) is 10.6 Å². The van der Waals surface area contributed by atoms with Crippen molar-refractivity contribution >= 4 is 33.5 Å². The highest BCUT2D eigenvalue weighted by Gasteiger charge is 2.28. The van der Waals surface area contributed by atoms with Crippen LogP contribution in [0.2, 0.25) is 0 Å². The van der Waals surface area contributed by atoms with Crippen molar-refractivity contribution in [2.75, 3.05) is 17.7 Å². The molecule has 11 heteroatoms. The van der Waals surface area contributed by atoms with Gasteiger partial charge in [-0.1, -0.05) is 18.2 Å². The first-order valence-electron chi connectivity index (χ1n) is 8.35. The van der Waals surface area contributed by atoms with E-state index in [0.29, 0.717) is 11.3 Å². The number of nitrogens with zero attached hydrogens (tertiary/aromatic N) is 3. The molecule has 0 radical (unpaired) electrons. The van der Waals surface area contributed by atoms with Crippen LogP contribution in [0.3, 0.4) is 0 Å². The molecule has 1 amide bonds. The Morgan fingerprint density at radius 1 is 1.28 bits per heavy atom. The van der Waals surface area contributed by atoms with Gasteiger partial charge in [-0.05, 0) is 31.2 Å². The molecule has 1 N–H and O–H groups in total. The van der Waals surface area contributed by atoms with Crippen LogP contribution < -0.4 is 14.5 Å². The lowest BCUT2D eigenvalue weighted by Crippen LogP contribution is -2.46. The molecule has 0 aromatic heterocycles. The van der Waals surface area contributed by atoms with Gasteiger partial charge in [-0.2, -0.15) is 5.10 Å². The molecule has 2 aromatic carbocycles. The summed E-state index contributed by atoms with van der Waals surface area (Å²) in [7, 11) is -2.41. The largest absolute Gasteiger partial charge is 0.490 e. The minimum Gasteiger partial charge on any atom is -0.490 e. The minimum absolute atomic E-state index is 0.0939. The molecular formula is C18H20N4O6S. The highest BCUT2D eigenvalue weighted by atomic mass is 32.2. The fourth-order valence-corrected chi connectivity index (χ4v) is 3.75. The summed E-state index contributed by atoms with van der Waals surface area (Å²) < 4.78 is 30.2. The van der Waals surface area contributed by atoms with Gasteiger partial charge in [0.1, 0.15) is 6.04 Å². The van der Waals surface area contributed by atoms with Crippen molar-refractivity contribution in [3.05, 3.63) is 64.2 Å². The summed E-state index contributed by atoms with van der Waals surface area (Å²) in [6.07, 6.45) is 2.22. The van der Waals surface area contributed by atoms with E-state index >= 15 is 0 Å². The second kappa shape index (κ2) is 9.15. The Morgan fingerprint density at radius 2 is 1.93 bits per heavy atom. The van der Waals surface area contributed by atoms with Gasteiger partial charge < -0.3 is 4.74 Å². The number of amides is 1. The molecule has 0 spiro atoms. The van der Waals surface area contributed by atoms with Crippen molar-refractivity contribution in [3.63, 3.8) is 0 Å². The highest BCUT2D eigenvalue weighted by molar-refractivity contribution is 7.92. The number of ether oxygens (including phenoxy) is 1. The van der Waals surface area contributed by atoms with Crippen molar-refractivity contribution < 1.29 is 22.9 Å². The number of nitro benzene ring substituents is 1. The Balaban J connectivity index is 2.17. The minimum atomic E-state index is -3.73. The fraction of sp³-hybridized carbons (Fsp3) is 0.222. The van der Waals surface area contributed by atoms with E-state index in [1.807, 2.05) is 0 Å². The Kier molecular flexibility index (Phi) is 6.89. The molecule has 0 heterocycles. The SMILES string of the molecule is COc1ccc(C=NNC(=O)[C@@H](C)N(c2ccccc2)S(C)(=O)=O)cc1[N+](=O)[O-]. The normalized spacial score (nSPS) is 12.4. The third kappa shape index (κ3) is 5.51. The summed E-state index contributed by atoms with van der Waals surface area (Å²) >= 11 is 0. The maximum absolute atomic E-state index is 12.4. The van der Waals surface area contributed by atoms with Crippen molar-refractivity contribution in [2.24, 2.45) is 5.10 Å². The Morgan fingerprint density at radius 3 is 2.48 bits per heavy atom. The number of sulfonamides is 1. The first-order valence-corrected chi connectivity index (χ1v) is 10.2. The zero-order valence-corrected chi connectivity index (χ0v) is 16.8. The predicted octanol–water partition coefficient (Wildman–Crippen LogP) is 1.91. The zero-order valence-electron chi connectivity index (χ0n) is 16.0. The van der Waals surface area contributed by atoms with Crippen molar-refractivity contribution in [1.29, 1.82) is 0 Å². The smallest absolute Gasteiger partial charge is 0.311 e. The van der Waals surface area contributed by atoms with Gasteiger partial charge in [-0.3, -0.25) is 19.2 Å². The zero-order chi connectivity index (χ0) is 21.6. The van der Waals surface area contributed by atoms with Gasteiger partial charge in [0.05, 0.1) is 30.2 Å². The number of benzene rings is 2. The van der Waals surface area contributed by atoms with Crippen LogP contribution in [-0.4, -0.2) is 44.9 Å². The number of hydrogen-bond acceptors (Lipinski definition) is 7. The molecule has 29 heavy (non-hydrogen) atoms. The molecule has 154 valence electrons. The topological polar surface area (TPSA) is 131 Å². The van der Waals surface area contributed by atoms with Crippen LogP contribution in [0.1, 0.15) is 12.5 Å². The van der Waals surface area contributed by atoms with E-state index in [1.165, 1.54) is 38.4 Å². The van der Waals surface area contributed by atoms with Gasteiger partial charge in [0.25, 0.3) is 5.91 Å². The lowest BCUT2D eigenvalue weighted by atomic mass is 10.2. The van der Waals surface area contributed by atoms with Crippen LogP contribution in [0.5, 0.6) is 5.75 Å². The number of para-hydroxylation sites is 1. The molecule has 0 aliphatic rings. The number of rotatable bonds is 8. The van der Waals surface area contributed by atoms with Crippen molar-refractivity contribution in [3.8, 4) is 5.75 Å². The number of carbonyl (C=O) groups excluding carboxylic acids is 1. The van der Waals surface area contributed by atoms with E-state index in [4.69, 9.17) is 4.74 Å². The summed E-state index contributed by atoms with van der Waals surface area (Å²) in [6, 6.07) is 11.3. The molecular weight excluding hydrogens is 400 g/mol. The molecule has 1 atom stereocenters. The number of hydrazone groups is 1. The maximum Gasteiger partial charge on any atom is 0.311 e. The van der Waals surface area contributed by atoms with Crippen molar-refractivity contribution in [2.45, 2.75) is 13.0 Å². The molecule has 0 unspecified atom stereocenters. The van der Waals surface area contributed by atoms with Gasteiger partial charge in [0.2, 0.25) is 10.0 Å². The number of methoxy groups -OCH3 is 1. The second-order valence-corrected chi connectivity index (χ2v) is 7.85. The van der Waals surface area contributed by atoms with E-state index in [-0.39, 0.29) is 11.4 Å². The number of carbonyl (C=O) groups is 1. The van der Waals surface area contributed by atoms with Crippen LogP contribution in [0, 0.1) is 10.1 Å². The standard InChI is InChI=1S/C18H20N4O6S/c1-13(21(29(3,26)27)15-7-5-4-6-8-15)18(23)20-19-12-14-9-10-17(28-2)16(11-14)22(24)25/h4-13H,1-3H3,(H,20,23)/t13-/m1/s1. The van der Waals surface area contributed by atoms with E-state index in [2.05, 4.69) is 10.5 Å². The third-order valence-electron chi connectivity index (χ3n) is 3.89. The summed E-state index contributed by atoms with van der Waals surface area (Å²) in [5.74, 6) is -0.574. The van der Waals surface area contributed by atoms with E-state index < -0.39 is 26.9 Å². The molecule has 0 bridgehead atoms. The molecule has 0 fully saturated rings. The summed E-state index contributed by atoms with van der Waals surface area (Å²) in [4.78, 5) is 22.9. The number of nitro groups is 1. The second-order valence-electron chi connectivity index (χ2n) is 5.99. The number of anilines is 1. The third-order valence-corrected chi connectivity index (χ3v) is 5.13. The first-order chi connectivity index (χ1) is 13.6. The summed E-state index contributed by atoms with van der Waals surface area (Å²) in [5.41, 5.74) is 2.70. The quantitative estimate of drug-likeness (QED) is 0.394. The Hall–Kier alpha value is -3.47. The van der Waals surface area contributed by atoms with Crippen molar-refractivity contribution in [1.82, 2.24) is 5.43 Å². The summed E-state index contributed by atoms with van der Waals surface area (Å²) in [5, 5.41) is 14.8. The average molecular weight is 420 g/mol. The average Bonchev–Trinajstić information content (AvgIpc) is 2.67. The molecule has 2 aromatic rings. The van der Waals surface area contributed by atoms with Crippen LogP contribution in [0.25, 0.3) is 0 Å². The van der Waals surface area contributed by atoms with Crippen LogP contribution in [0.4, 0.5) is 11.4 Å². The number of nitrogens with one attached hydrogen (secondary N) is 1. The van der Waals surface area contributed by atoms with Gasteiger partial charge in [-0.15, -0.1) is 0 Å². The molecule has 0 aliphatic carbocycles. The summed E-state index contributed by atoms with van der Waals surface area (Å²) in [6.45, 7) is 1.43. The Bertz CT molecular complexity index is 1020. The van der Waals surface area contributed by atoms with E-state index in [1.54, 1.807) is 30.3 Å². The molecule has 0 saturated heterocycles. The van der Waals surface area contributed by atoms with Gasteiger partial charge in [0.15, 0.2) is 5.75 Å². The van der Waals surface area contributed by atoms with Gasteiger partial charge >= 0.3 is 5.69 Å². The highest BCUT2D eigenvalue weighted by Crippen LogP contribution is 2.26. The van der Waals surface area contributed by atoms with Crippen LogP contribution >= 0.6 is 0 Å². The van der Waals surface area contributed by atoms with Crippen LogP contribution in [0.15, 0.2) is 53.6 Å². The lowest BCUT2D eigenvalue weighted by Gasteiger charge is -2.27. The molecule has 0 aliphatic heterocycles. The molecule has 2 rings (SSSR count). The fourth-order valence-electron chi connectivity index (χ4n) is 2.58. The van der Waals surface area contributed by atoms with Crippen LogP contribution in [-0.2, 0) is 14.8 Å². The van der Waals surface area contributed by atoms with E-state index in [9.17, 15) is 23.3 Å². The Labute approximate surface area is 168 Å².